The van der Waals surface area contributed by atoms with Gasteiger partial charge < -0.3 is 45.1 Å². The maximum absolute atomic E-state index is 10.3. The Balaban J connectivity index is 0.000000461. The van der Waals surface area contributed by atoms with Crippen molar-refractivity contribution in [2.24, 2.45) is 0 Å². The quantitative estimate of drug-likeness (QED) is 0.186. The number of phenolic OH excluding ortho intramolecular Hbond substituents is 1. The Bertz CT molecular complexity index is 978. The summed E-state index contributed by atoms with van der Waals surface area (Å²) in [6, 6.07) is 5.35. The largest absolute Gasteiger partial charge is 2.00 e. The monoisotopic (exact) mass is 522 g/mol. The van der Waals surface area contributed by atoms with E-state index in [9.17, 15) is 24.6 Å². The molecule has 172 valence electrons. The number of aromatic amines is 2. The SMILES string of the molecule is O=C(O)C(O)c1ccc(O)cc1.O=C([O-])C=Cc1c[nH]cn1.O=C([O-])C=Cc1c[nH]cn1.[Se+2]. The number of aromatic nitrogens is 4. The summed E-state index contributed by atoms with van der Waals surface area (Å²) in [6.07, 6.45) is 9.14. The summed E-state index contributed by atoms with van der Waals surface area (Å²) in [5.74, 6) is -3.71. The average Bonchev–Trinajstić information content (AvgIpc) is 3.46. The first-order chi connectivity index (χ1) is 15.2. The molecule has 13 heteroatoms. The van der Waals surface area contributed by atoms with Gasteiger partial charge in [-0.25, -0.2) is 14.8 Å². The van der Waals surface area contributed by atoms with Crippen LogP contribution in [0.15, 0.2) is 61.5 Å². The van der Waals surface area contributed by atoms with Gasteiger partial charge in [0.15, 0.2) is 6.10 Å². The van der Waals surface area contributed by atoms with Gasteiger partial charge in [0.25, 0.3) is 0 Å². The fourth-order valence-electron chi connectivity index (χ4n) is 1.83. The van der Waals surface area contributed by atoms with Crippen molar-refractivity contribution < 1.29 is 39.9 Å². The first kappa shape index (κ1) is 28.8. The summed E-state index contributed by atoms with van der Waals surface area (Å²) in [5.41, 5.74) is 1.40. The number of aromatic hydroxyl groups is 1. The number of nitrogens with one attached hydrogen (secondary N) is 2. The number of aliphatic hydroxyl groups excluding tert-OH is 1. The fraction of sp³-hybridized carbons (Fsp3) is 0.0500. The molecule has 1 aromatic carbocycles. The van der Waals surface area contributed by atoms with Gasteiger partial charge in [0.1, 0.15) is 5.75 Å². The van der Waals surface area contributed by atoms with Crippen LogP contribution in [0.4, 0.5) is 0 Å². The minimum atomic E-state index is -1.52. The standard InChI is InChI=1S/C8H8O4.2C6H6N2O2.Se/c9-6-3-1-5(2-4-6)7(10)8(11)12;2*9-6(10)2-1-5-3-7-4-8-5;/h1-4,7,9-10H,(H,11,12);2*1-4H,(H,7,8)(H,9,10);/q;;;+2/p-2. The minimum Gasteiger partial charge on any atom is -0.545 e. The van der Waals surface area contributed by atoms with Crippen LogP contribution < -0.4 is 10.2 Å². The second-order valence-corrected chi connectivity index (χ2v) is 5.63. The summed E-state index contributed by atoms with van der Waals surface area (Å²) >= 11 is 0. The molecule has 0 saturated carbocycles. The number of phenols is 1. The van der Waals surface area contributed by atoms with E-state index in [0.717, 1.165) is 12.2 Å². The van der Waals surface area contributed by atoms with Crippen molar-refractivity contribution in [1.29, 1.82) is 0 Å². The van der Waals surface area contributed by atoms with E-state index < -0.39 is 24.0 Å². The van der Waals surface area contributed by atoms with Gasteiger partial charge in [-0.2, -0.15) is 0 Å². The van der Waals surface area contributed by atoms with Gasteiger partial charge in [-0.3, -0.25) is 0 Å². The van der Waals surface area contributed by atoms with Crippen LogP contribution in [-0.4, -0.2) is 70.2 Å². The maximum atomic E-state index is 10.3. The zero-order chi connectivity index (χ0) is 23.9. The molecule has 33 heavy (non-hydrogen) atoms. The number of carboxylic acid groups (broad SMARTS) is 3. The van der Waals surface area contributed by atoms with Crippen LogP contribution in [0.25, 0.3) is 12.2 Å². The third kappa shape index (κ3) is 13.0. The Morgan fingerprint density at radius 2 is 1.30 bits per heavy atom. The number of carbonyl (C=O) groups is 3. The van der Waals surface area contributed by atoms with E-state index >= 15 is 0 Å². The van der Waals surface area contributed by atoms with Crippen molar-refractivity contribution >= 4 is 47.1 Å². The summed E-state index contributed by atoms with van der Waals surface area (Å²) in [6.45, 7) is 0. The molecule has 12 nitrogen and oxygen atoms in total. The number of hydrogen-bond acceptors (Lipinski definition) is 9. The Morgan fingerprint density at radius 1 is 0.879 bits per heavy atom. The summed E-state index contributed by atoms with van der Waals surface area (Å²) in [7, 11) is 0. The van der Waals surface area contributed by atoms with Gasteiger partial charge in [-0.15, -0.1) is 0 Å². The number of rotatable bonds is 6. The van der Waals surface area contributed by atoms with Gasteiger partial charge in [-0.1, -0.05) is 12.1 Å². The Morgan fingerprint density at radius 3 is 1.61 bits per heavy atom. The predicted octanol–water partition coefficient (Wildman–Crippen LogP) is -1.52. The second kappa shape index (κ2) is 15.6. The number of hydrogen-bond donors (Lipinski definition) is 5. The molecule has 0 spiro atoms. The van der Waals surface area contributed by atoms with Crippen LogP contribution in [0.3, 0.4) is 0 Å². The maximum Gasteiger partial charge on any atom is 2.00 e. The Labute approximate surface area is 197 Å². The Kier molecular flexibility index (Phi) is 13.6. The zero-order valence-corrected chi connectivity index (χ0v) is 18.4. The van der Waals surface area contributed by atoms with Crippen molar-refractivity contribution in [3.63, 3.8) is 0 Å². The molecule has 1 unspecified atom stereocenters. The minimum absolute atomic E-state index is 0. The van der Waals surface area contributed by atoms with Gasteiger partial charge in [0.2, 0.25) is 0 Å². The van der Waals surface area contributed by atoms with Crippen LogP contribution in [0.1, 0.15) is 23.1 Å². The molecule has 0 saturated heterocycles. The Hall–Kier alpha value is -4.19. The normalized spacial score (nSPS) is 10.8. The number of benzene rings is 1. The molecule has 0 aliphatic carbocycles. The van der Waals surface area contributed by atoms with Crippen molar-refractivity contribution in [2.75, 3.05) is 0 Å². The number of carbonyl (C=O) groups excluding carboxylic acids is 2. The molecule has 0 bridgehead atoms. The van der Waals surface area contributed by atoms with E-state index in [1.165, 1.54) is 49.1 Å². The molecule has 2 heterocycles. The van der Waals surface area contributed by atoms with Crippen LogP contribution in [0, 0.1) is 0 Å². The molecule has 0 fully saturated rings. The molecule has 0 amide bonds. The van der Waals surface area contributed by atoms with Crippen molar-refractivity contribution in [3.8, 4) is 5.75 Å². The summed E-state index contributed by atoms with van der Waals surface area (Å²) in [4.78, 5) is 42.9. The predicted molar refractivity (Wildman–Crippen MR) is 112 cm³/mol. The number of imidazole rings is 2. The molecule has 2 aromatic heterocycles. The van der Waals surface area contributed by atoms with Crippen LogP contribution in [-0.2, 0) is 14.4 Å². The molecule has 0 aliphatic rings. The smallest absolute Gasteiger partial charge is 0.545 e. The van der Waals surface area contributed by atoms with Gasteiger partial charge >= 0.3 is 23.0 Å². The number of nitrogens with zero attached hydrogens (tertiary/aromatic N) is 2. The molecular formula is C20H18N4O8Se. The van der Waals surface area contributed by atoms with Crippen molar-refractivity contribution in [1.82, 2.24) is 19.9 Å². The second-order valence-electron chi connectivity index (χ2n) is 5.63. The van der Waals surface area contributed by atoms with Gasteiger partial charge in [-0.05, 0) is 42.0 Å². The van der Waals surface area contributed by atoms with Gasteiger partial charge in [0, 0.05) is 12.4 Å². The molecular weight excluding hydrogens is 503 g/mol. The third-order valence-electron chi connectivity index (χ3n) is 3.26. The van der Waals surface area contributed by atoms with E-state index in [1.54, 1.807) is 12.4 Å². The number of carboxylic acids is 3. The number of H-pyrrole nitrogens is 2. The number of aliphatic carboxylic acids is 3. The summed E-state index contributed by atoms with van der Waals surface area (Å²) < 4.78 is 0. The van der Waals surface area contributed by atoms with E-state index in [1.807, 2.05) is 0 Å². The first-order valence-electron chi connectivity index (χ1n) is 8.64. The average molecular weight is 521 g/mol. The van der Waals surface area contributed by atoms with Crippen LogP contribution in [0.2, 0.25) is 0 Å². The van der Waals surface area contributed by atoms with E-state index in [0.29, 0.717) is 11.4 Å². The number of aliphatic hydroxyl groups is 1. The molecule has 1 atom stereocenters. The third-order valence-corrected chi connectivity index (χ3v) is 3.26. The molecule has 0 aliphatic heterocycles. The first-order valence-corrected chi connectivity index (χ1v) is 8.64. The summed E-state index contributed by atoms with van der Waals surface area (Å²) in [5, 5.41) is 46.0. The zero-order valence-electron chi connectivity index (χ0n) is 16.7. The fourth-order valence-corrected chi connectivity index (χ4v) is 1.83. The van der Waals surface area contributed by atoms with E-state index in [-0.39, 0.29) is 28.4 Å². The van der Waals surface area contributed by atoms with E-state index in [2.05, 4.69) is 19.9 Å². The van der Waals surface area contributed by atoms with Gasteiger partial charge in [0.05, 0.1) is 36.0 Å². The van der Waals surface area contributed by atoms with Crippen LogP contribution >= 0.6 is 0 Å². The van der Waals surface area contributed by atoms with Crippen molar-refractivity contribution in [3.05, 3.63) is 78.4 Å². The van der Waals surface area contributed by atoms with E-state index in [4.69, 9.17) is 15.3 Å². The molecule has 4 radical (unpaired) electrons. The molecule has 3 rings (SSSR count). The topological polar surface area (TPSA) is 215 Å². The molecule has 5 N–H and O–H groups in total. The van der Waals surface area contributed by atoms with Crippen molar-refractivity contribution in [2.45, 2.75) is 6.10 Å². The molecule has 3 aromatic rings. The van der Waals surface area contributed by atoms with Crippen LogP contribution in [0.5, 0.6) is 5.75 Å².